The summed E-state index contributed by atoms with van der Waals surface area (Å²) in [5.41, 5.74) is 0.374. The molecular weight excluding hydrogens is 270 g/mol. The van der Waals surface area contributed by atoms with Crippen molar-refractivity contribution in [3.8, 4) is 0 Å². The topological polar surface area (TPSA) is 78.4 Å². The molecule has 1 saturated heterocycles. The SMILES string of the molecule is CC(C)CNC(=O)c1cc(N2CCN(C=O)CC2)ncn1. The summed E-state index contributed by atoms with van der Waals surface area (Å²) in [4.78, 5) is 34.7. The van der Waals surface area contributed by atoms with Gasteiger partial charge in [0.15, 0.2) is 0 Å². The van der Waals surface area contributed by atoms with Gasteiger partial charge in [-0.1, -0.05) is 13.8 Å². The van der Waals surface area contributed by atoms with Crippen molar-refractivity contribution in [3.63, 3.8) is 0 Å². The highest BCUT2D eigenvalue weighted by molar-refractivity contribution is 5.92. The second-order valence-corrected chi connectivity index (χ2v) is 5.49. The van der Waals surface area contributed by atoms with Gasteiger partial charge >= 0.3 is 0 Å². The third-order valence-corrected chi connectivity index (χ3v) is 3.34. The Balaban J connectivity index is 2.01. The summed E-state index contributed by atoms with van der Waals surface area (Å²) in [6.45, 7) is 7.46. The molecule has 0 atom stereocenters. The fourth-order valence-corrected chi connectivity index (χ4v) is 2.09. The van der Waals surface area contributed by atoms with Crippen LogP contribution < -0.4 is 10.2 Å². The van der Waals surface area contributed by atoms with Crippen LogP contribution in [-0.2, 0) is 4.79 Å². The number of anilines is 1. The van der Waals surface area contributed by atoms with E-state index in [9.17, 15) is 9.59 Å². The fraction of sp³-hybridized carbons (Fsp3) is 0.571. The van der Waals surface area contributed by atoms with Gasteiger partial charge in [0.2, 0.25) is 6.41 Å². The fourth-order valence-electron chi connectivity index (χ4n) is 2.09. The Morgan fingerprint density at radius 1 is 1.33 bits per heavy atom. The van der Waals surface area contributed by atoms with Gasteiger partial charge in [-0.25, -0.2) is 9.97 Å². The van der Waals surface area contributed by atoms with E-state index in [0.29, 0.717) is 44.3 Å². The van der Waals surface area contributed by atoms with Crippen molar-refractivity contribution in [2.75, 3.05) is 37.6 Å². The Labute approximate surface area is 124 Å². The molecule has 0 unspecified atom stereocenters. The molecule has 7 nitrogen and oxygen atoms in total. The highest BCUT2D eigenvalue weighted by Crippen LogP contribution is 2.13. The molecule has 21 heavy (non-hydrogen) atoms. The van der Waals surface area contributed by atoms with Crippen molar-refractivity contribution < 1.29 is 9.59 Å². The molecule has 114 valence electrons. The quantitative estimate of drug-likeness (QED) is 0.781. The van der Waals surface area contributed by atoms with Crippen molar-refractivity contribution in [1.82, 2.24) is 20.2 Å². The van der Waals surface area contributed by atoms with Crippen LogP contribution in [0.5, 0.6) is 0 Å². The first-order valence-electron chi connectivity index (χ1n) is 7.14. The van der Waals surface area contributed by atoms with E-state index in [2.05, 4.69) is 20.2 Å². The number of amides is 2. The van der Waals surface area contributed by atoms with Crippen LogP contribution in [0, 0.1) is 5.92 Å². The summed E-state index contributed by atoms with van der Waals surface area (Å²) in [7, 11) is 0. The molecule has 1 aromatic heterocycles. The monoisotopic (exact) mass is 291 g/mol. The van der Waals surface area contributed by atoms with Crippen molar-refractivity contribution in [2.24, 2.45) is 5.92 Å². The van der Waals surface area contributed by atoms with Gasteiger partial charge in [-0.05, 0) is 5.92 Å². The molecule has 2 heterocycles. The van der Waals surface area contributed by atoms with E-state index in [1.165, 1.54) is 6.33 Å². The third-order valence-electron chi connectivity index (χ3n) is 3.34. The van der Waals surface area contributed by atoms with Gasteiger partial charge in [0, 0.05) is 38.8 Å². The second-order valence-electron chi connectivity index (χ2n) is 5.49. The van der Waals surface area contributed by atoms with E-state index < -0.39 is 0 Å². The van der Waals surface area contributed by atoms with Crippen molar-refractivity contribution in [2.45, 2.75) is 13.8 Å². The maximum Gasteiger partial charge on any atom is 0.270 e. The van der Waals surface area contributed by atoms with Gasteiger partial charge in [-0.2, -0.15) is 0 Å². The first kappa shape index (κ1) is 15.2. The molecule has 7 heteroatoms. The van der Waals surface area contributed by atoms with Crippen LogP contribution in [-0.4, -0.2) is 59.9 Å². The molecule has 1 N–H and O–H groups in total. The standard InChI is InChI=1S/C14H21N5O2/c1-11(2)8-15-14(21)12-7-13(17-9-16-12)19-5-3-18(10-20)4-6-19/h7,9-11H,3-6,8H2,1-2H3,(H,15,21). The zero-order valence-electron chi connectivity index (χ0n) is 12.5. The number of nitrogens with one attached hydrogen (secondary N) is 1. The Kier molecular flexibility index (Phi) is 5.08. The molecule has 0 bridgehead atoms. The van der Waals surface area contributed by atoms with E-state index >= 15 is 0 Å². The maximum absolute atomic E-state index is 12.0. The van der Waals surface area contributed by atoms with Gasteiger partial charge in [-0.3, -0.25) is 9.59 Å². The molecule has 0 spiro atoms. The molecule has 0 aliphatic carbocycles. The summed E-state index contributed by atoms with van der Waals surface area (Å²) in [5.74, 6) is 0.941. The average molecular weight is 291 g/mol. The zero-order valence-corrected chi connectivity index (χ0v) is 12.5. The Hall–Kier alpha value is -2.18. The molecule has 1 fully saturated rings. The number of rotatable bonds is 5. The molecule has 0 aromatic carbocycles. The molecule has 2 rings (SSSR count). The number of carbonyl (C=O) groups excluding carboxylic acids is 2. The van der Waals surface area contributed by atoms with Crippen LogP contribution in [0.1, 0.15) is 24.3 Å². The second kappa shape index (κ2) is 7.01. The number of hydrogen-bond donors (Lipinski definition) is 1. The van der Waals surface area contributed by atoms with Crippen LogP contribution in [0.3, 0.4) is 0 Å². The van der Waals surface area contributed by atoms with Crippen LogP contribution in [0.25, 0.3) is 0 Å². The number of aromatic nitrogens is 2. The first-order valence-corrected chi connectivity index (χ1v) is 7.14. The van der Waals surface area contributed by atoms with Crippen molar-refractivity contribution in [3.05, 3.63) is 18.1 Å². The van der Waals surface area contributed by atoms with Gasteiger partial charge in [0.1, 0.15) is 17.8 Å². The highest BCUT2D eigenvalue weighted by Gasteiger charge is 2.18. The van der Waals surface area contributed by atoms with Crippen LogP contribution in [0.2, 0.25) is 0 Å². The highest BCUT2D eigenvalue weighted by atomic mass is 16.2. The lowest BCUT2D eigenvalue weighted by molar-refractivity contribution is -0.118. The van der Waals surface area contributed by atoms with E-state index in [1.54, 1.807) is 11.0 Å². The summed E-state index contributed by atoms with van der Waals surface area (Å²) in [6, 6.07) is 1.70. The maximum atomic E-state index is 12.0. The van der Waals surface area contributed by atoms with Gasteiger partial charge < -0.3 is 15.1 Å². The van der Waals surface area contributed by atoms with Gasteiger partial charge in [0.25, 0.3) is 5.91 Å². The smallest absolute Gasteiger partial charge is 0.270 e. The van der Waals surface area contributed by atoms with Crippen molar-refractivity contribution >= 4 is 18.1 Å². The minimum Gasteiger partial charge on any atom is -0.353 e. The van der Waals surface area contributed by atoms with Crippen LogP contribution in [0.4, 0.5) is 5.82 Å². The third kappa shape index (κ3) is 4.14. The molecule has 0 radical (unpaired) electrons. The summed E-state index contributed by atoms with van der Waals surface area (Å²) in [5, 5.41) is 2.84. The number of nitrogens with zero attached hydrogens (tertiary/aromatic N) is 4. The average Bonchev–Trinajstić information content (AvgIpc) is 2.52. The lowest BCUT2D eigenvalue weighted by Crippen LogP contribution is -2.46. The summed E-state index contributed by atoms with van der Waals surface area (Å²) >= 11 is 0. The van der Waals surface area contributed by atoms with Crippen molar-refractivity contribution in [1.29, 1.82) is 0 Å². The molecule has 1 aromatic rings. The summed E-state index contributed by atoms with van der Waals surface area (Å²) < 4.78 is 0. The van der Waals surface area contributed by atoms with Crippen LogP contribution in [0.15, 0.2) is 12.4 Å². The summed E-state index contributed by atoms with van der Waals surface area (Å²) in [6.07, 6.45) is 2.27. The normalized spacial score (nSPS) is 15.2. The van der Waals surface area contributed by atoms with Gasteiger partial charge in [-0.15, -0.1) is 0 Å². The zero-order chi connectivity index (χ0) is 15.2. The predicted molar refractivity (Wildman–Crippen MR) is 79.1 cm³/mol. The van der Waals surface area contributed by atoms with Crippen LogP contribution >= 0.6 is 0 Å². The molecular formula is C14H21N5O2. The Bertz CT molecular complexity index is 498. The molecule has 2 amide bonds. The van der Waals surface area contributed by atoms with E-state index in [0.717, 1.165) is 12.2 Å². The van der Waals surface area contributed by atoms with E-state index in [4.69, 9.17) is 0 Å². The lowest BCUT2D eigenvalue weighted by atomic mass is 10.2. The molecule has 1 aliphatic rings. The first-order chi connectivity index (χ1) is 10.1. The lowest BCUT2D eigenvalue weighted by Gasteiger charge is -2.33. The van der Waals surface area contributed by atoms with Gasteiger partial charge in [0.05, 0.1) is 0 Å². The minimum absolute atomic E-state index is 0.182. The Morgan fingerprint density at radius 2 is 2.05 bits per heavy atom. The van der Waals surface area contributed by atoms with E-state index in [1.807, 2.05) is 13.8 Å². The molecule has 1 aliphatic heterocycles. The molecule has 0 saturated carbocycles. The van der Waals surface area contributed by atoms with E-state index in [-0.39, 0.29) is 5.91 Å². The number of hydrogen-bond acceptors (Lipinski definition) is 5. The predicted octanol–water partition coefficient (Wildman–Crippen LogP) is 0.141. The minimum atomic E-state index is -0.182. The largest absolute Gasteiger partial charge is 0.353 e. The number of piperazine rings is 1. The Morgan fingerprint density at radius 3 is 2.67 bits per heavy atom. The number of carbonyl (C=O) groups is 2.